The van der Waals surface area contributed by atoms with Gasteiger partial charge in [0.1, 0.15) is 0 Å². The van der Waals surface area contributed by atoms with E-state index < -0.39 is 0 Å². The Morgan fingerprint density at radius 3 is 2.89 bits per heavy atom. The molecule has 0 aromatic carbocycles. The van der Waals surface area contributed by atoms with Gasteiger partial charge in [0.25, 0.3) is 0 Å². The van der Waals surface area contributed by atoms with Crippen LogP contribution in [0.5, 0.6) is 0 Å². The van der Waals surface area contributed by atoms with Gasteiger partial charge in [0.2, 0.25) is 0 Å². The molecule has 0 aliphatic heterocycles. The lowest BCUT2D eigenvalue weighted by molar-refractivity contribution is 0.469. The number of hydrogen-bond donors (Lipinski definition) is 1. The van der Waals surface area contributed by atoms with Gasteiger partial charge in [0, 0.05) is 17.5 Å². The molecular formula is C15H23ClN2S. The highest BCUT2D eigenvalue weighted by Crippen LogP contribution is 2.32. The number of thioether (sulfide) groups is 1. The molecule has 0 bridgehead atoms. The molecule has 1 saturated carbocycles. The number of halogens is 1. The van der Waals surface area contributed by atoms with Gasteiger partial charge >= 0.3 is 0 Å². The predicted molar refractivity (Wildman–Crippen MR) is 84.1 cm³/mol. The van der Waals surface area contributed by atoms with Crippen LogP contribution >= 0.6 is 23.4 Å². The number of rotatable bonds is 5. The SMILES string of the molecule is CCCNC1CCCCCC1Sc1ccc(Cl)cn1. The first-order chi connectivity index (χ1) is 9.29. The number of aromatic nitrogens is 1. The highest BCUT2D eigenvalue weighted by molar-refractivity contribution is 7.99. The Bertz CT molecular complexity index is 369. The summed E-state index contributed by atoms with van der Waals surface area (Å²) in [6.07, 6.45) is 9.60. The van der Waals surface area contributed by atoms with Crippen LogP contribution in [-0.2, 0) is 0 Å². The van der Waals surface area contributed by atoms with Crippen LogP contribution in [0, 0.1) is 0 Å². The van der Waals surface area contributed by atoms with Crippen molar-refractivity contribution in [3.63, 3.8) is 0 Å². The second kappa shape index (κ2) is 8.13. The lowest BCUT2D eigenvalue weighted by Gasteiger charge is -2.25. The van der Waals surface area contributed by atoms with Gasteiger partial charge < -0.3 is 5.32 Å². The average molecular weight is 299 g/mol. The second-order valence-electron chi connectivity index (χ2n) is 5.17. The van der Waals surface area contributed by atoms with Crippen LogP contribution in [0.2, 0.25) is 5.02 Å². The van der Waals surface area contributed by atoms with E-state index in [0.29, 0.717) is 16.3 Å². The van der Waals surface area contributed by atoms with Crippen LogP contribution in [0.3, 0.4) is 0 Å². The summed E-state index contributed by atoms with van der Waals surface area (Å²) in [6.45, 7) is 3.35. The van der Waals surface area contributed by atoms with Gasteiger partial charge in [-0.2, -0.15) is 0 Å². The standard InChI is InChI=1S/C15H23ClN2S/c1-2-10-17-13-6-4-3-5-7-14(13)19-15-9-8-12(16)11-18-15/h8-9,11,13-14,17H,2-7,10H2,1H3. The third-order valence-electron chi connectivity index (χ3n) is 3.58. The third-order valence-corrected chi connectivity index (χ3v) is 5.15. The van der Waals surface area contributed by atoms with E-state index in [4.69, 9.17) is 11.6 Å². The molecule has 106 valence electrons. The number of nitrogens with one attached hydrogen (secondary N) is 1. The van der Waals surface area contributed by atoms with Crippen molar-refractivity contribution in [2.24, 2.45) is 0 Å². The fourth-order valence-corrected chi connectivity index (χ4v) is 3.93. The van der Waals surface area contributed by atoms with Crippen LogP contribution in [0.4, 0.5) is 0 Å². The van der Waals surface area contributed by atoms with E-state index in [1.807, 2.05) is 23.9 Å². The van der Waals surface area contributed by atoms with Crippen LogP contribution in [-0.4, -0.2) is 22.8 Å². The summed E-state index contributed by atoms with van der Waals surface area (Å²) in [5, 5.41) is 6.17. The minimum atomic E-state index is 0.630. The fraction of sp³-hybridized carbons (Fsp3) is 0.667. The zero-order valence-electron chi connectivity index (χ0n) is 11.6. The fourth-order valence-electron chi connectivity index (χ4n) is 2.56. The van der Waals surface area contributed by atoms with E-state index in [-0.39, 0.29) is 0 Å². The molecule has 4 heteroatoms. The summed E-state index contributed by atoms with van der Waals surface area (Å²) in [4.78, 5) is 4.42. The molecule has 0 radical (unpaired) electrons. The van der Waals surface area contributed by atoms with Crippen molar-refractivity contribution in [2.75, 3.05) is 6.54 Å². The van der Waals surface area contributed by atoms with Crippen molar-refractivity contribution >= 4 is 23.4 Å². The molecular weight excluding hydrogens is 276 g/mol. The van der Waals surface area contributed by atoms with Gasteiger partial charge in [-0.05, 0) is 37.9 Å². The largest absolute Gasteiger partial charge is 0.313 e. The van der Waals surface area contributed by atoms with E-state index in [1.54, 1.807) is 6.20 Å². The first kappa shape index (κ1) is 15.1. The Labute approximate surface area is 125 Å². The molecule has 1 aliphatic rings. The second-order valence-corrected chi connectivity index (χ2v) is 6.87. The van der Waals surface area contributed by atoms with Gasteiger partial charge in [-0.15, -0.1) is 11.8 Å². The molecule has 1 aromatic rings. The lowest BCUT2D eigenvalue weighted by atomic mass is 10.1. The molecule has 0 saturated heterocycles. The molecule has 2 nitrogen and oxygen atoms in total. The smallest absolute Gasteiger partial charge is 0.0964 e. The minimum absolute atomic E-state index is 0.630. The number of pyridine rings is 1. The quantitative estimate of drug-likeness (QED) is 0.809. The summed E-state index contributed by atoms with van der Waals surface area (Å²) in [5.41, 5.74) is 0. The van der Waals surface area contributed by atoms with Gasteiger partial charge in [0.05, 0.1) is 10.0 Å². The maximum atomic E-state index is 5.89. The van der Waals surface area contributed by atoms with E-state index in [0.717, 1.165) is 11.6 Å². The monoisotopic (exact) mass is 298 g/mol. The van der Waals surface area contributed by atoms with Crippen molar-refractivity contribution in [3.05, 3.63) is 23.4 Å². The van der Waals surface area contributed by atoms with Crippen LogP contribution in [0.25, 0.3) is 0 Å². The van der Waals surface area contributed by atoms with E-state index in [1.165, 1.54) is 38.5 Å². The molecule has 1 fully saturated rings. The van der Waals surface area contributed by atoms with Crippen molar-refractivity contribution in [1.82, 2.24) is 10.3 Å². The van der Waals surface area contributed by atoms with Gasteiger partial charge in [0.15, 0.2) is 0 Å². The first-order valence-electron chi connectivity index (χ1n) is 7.31. The van der Waals surface area contributed by atoms with E-state index >= 15 is 0 Å². The van der Waals surface area contributed by atoms with E-state index in [9.17, 15) is 0 Å². The van der Waals surface area contributed by atoms with Crippen molar-refractivity contribution < 1.29 is 0 Å². The normalized spacial score (nSPS) is 24.1. The molecule has 1 aromatic heterocycles. The van der Waals surface area contributed by atoms with Gasteiger partial charge in [-0.25, -0.2) is 4.98 Å². The Morgan fingerprint density at radius 1 is 1.32 bits per heavy atom. The summed E-state index contributed by atoms with van der Waals surface area (Å²) in [7, 11) is 0. The Kier molecular flexibility index (Phi) is 6.48. The lowest BCUT2D eigenvalue weighted by Crippen LogP contribution is -2.37. The molecule has 2 atom stereocenters. The molecule has 1 N–H and O–H groups in total. The number of nitrogens with zero attached hydrogens (tertiary/aromatic N) is 1. The first-order valence-corrected chi connectivity index (χ1v) is 8.57. The Hall–Kier alpha value is -0.250. The van der Waals surface area contributed by atoms with Crippen molar-refractivity contribution in [3.8, 4) is 0 Å². The highest BCUT2D eigenvalue weighted by Gasteiger charge is 2.24. The summed E-state index contributed by atoms with van der Waals surface area (Å²) >= 11 is 7.81. The topological polar surface area (TPSA) is 24.9 Å². The molecule has 19 heavy (non-hydrogen) atoms. The average Bonchev–Trinajstić information content (AvgIpc) is 2.64. The Balaban J connectivity index is 1.98. The van der Waals surface area contributed by atoms with Crippen LogP contribution < -0.4 is 5.32 Å². The highest BCUT2D eigenvalue weighted by atomic mass is 35.5. The zero-order chi connectivity index (χ0) is 13.5. The maximum absolute atomic E-state index is 5.89. The molecule has 0 amide bonds. The minimum Gasteiger partial charge on any atom is -0.313 e. The molecule has 2 rings (SSSR count). The summed E-state index contributed by atoms with van der Waals surface area (Å²) < 4.78 is 0. The Morgan fingerprint density at radius 2 is 2.16 bits per heavy atom. The predicted octanol–water partition coefficient (Wildman–Crippen LogP) is 4.53. The maximum Gasteiger partial charge on any atom is 0.0964 e. The van der Waals surface area contributed by atoms with Crippen LogP contribution in [0.1, 0.15) is 45.4 Å². The van der Waals surface area contributed by atoms with Gasteiger partial charge in [-0.1, -0.05) is 37.8 Å². The van der Waals surface area contributed by atoms with Crippen LogP contribution in [0.15, 0.2) is 23.4 Å². The zero-order valence-corrected chi connectivity index (χ0v) is 13.1. The number of hydrogen-bond acceptors (Lipinski definition) is 3. The summed E-state index contributed by atoms with van der Waals surface area (Å²) in [5.74, 6) is 0. The van der Waals surface area contributed by atoms with E-state index in [2.05, 4.69) is 17.2 Å². The summed E-state index contributed by atoms with van der Waals surface area (Å²) in [6, 6.07) is 4.60. The molecule has 2 unspecified atom stereocenters. The van der Waals surface area contributed by atoms with Crippen molar-refractivity contribution in [2.45, 2.75) is 61.8 Å². The molecule has 0 spiro atoms. The third kappa shape index (κ3) is 4.97. The van der Waals surface area contributed by atoms with Crippen molar-refractivity contribution in [1.29, 1.82) is 0 Å². The van der Waals surface area contributed by atoms with Gasteiger partial charge in [-0.3, -0.25) is 0 Å². The molecule has 1 heterocycles. The molecule has 1 aliphatic carbocycles.